The van der Waals surface area contributed by atoms with Crippen LogP contribution in [0.5, 0.6) is 0 Å². The molecule has 106 valence electrons. The van der Waals surface area contributed by atoms with E-state index in [4.69, 9.17) is 10.9 Å². The molecular formula is C9H9F3N2O4S. The summed E-state index contributed by atoms with van der Waals surface area (Å²) in [5.74, 6) is -0.382. The number of hydrogen-bond donors (Lipinski definition) is 2. The molecule has 0 fully saturated rings. The maximum absolute atomic E-state index is 11.9. The normalized spacial score (nSPS) is 13.5. The Morgan fingerprint density at radius 1 is 1.42 bits per heavy atom. The summed E-state index contributed by atoms with van der Waals surface area (Å²) in [4.78, 5) is -0.527. The molecule has 0 spiro atoms. The van der Waals surface area contributed by atoms with Crippen molar-refractivity contribution < 1.29 is 31.0 Å². The molecule has 1 aromatic carbocycles. The van der Waals surface area contributed by atoms with Gasteiger partial charge in [0.2, 0.25) is 0 Å². The summed E-state index contributed by atoms with van der Waals surface area (Å²) in [7, 11) is -4.57. The van der Waals surface area contributed by atoms with Gasteiger partial charge in [0.15, 0.2) is 12.4 Å². The van der Waals surface area contributed by atoms with Gasteiger partial charge in [-0.15, -0.1) is 0 Å². The molecule has 0 aliphatic rings. The third-order valence-corrected chi connectivity index (χ3v) is 3.16. The zero-order valence-corrected chi connectivity index (χ0v) is 10.1. The molecule has 0 atom stereocenters. The maximum atomic E-state index is 11.9. The van der Waals surface area contributed by atoms with Crippen molar-refractivity contribution in [2.24, 2.45) is 10.9 Å². The largest absolute Gasteiger partial charge is 0.413 e. The van der Waals surface area contributed by atoms with E-state index in [1.165, 1.54) is 12.1 Å². The van der Waals surface area contributed by atoms with E-state index in [-0.39, 0.29) is 11.4 Å². The van der Waals surface area contributed by atoms with Crippen molar-refractivity contribution in [3.05, 3.63) is 29.8 Å². The summed E-state index contributed by atoms with van der Waals surface area (Å²) in [6.45, 7) is -1.93. The highest BCUT2D eigenvalue weighted by molar-refractivity contribution is 7.86. The predicted molar refractivity (Wildman–Crippen MR) is 58.1 cm³/mol. The third kappa shape index (κ3) is 4.41. The minimum Gasteiger partial charge on any atom is -0.409 e. The topological polar surface area (TPSA) is 102 Å². The minimum atomic E-state index is -4.77. The van der Waals surface area contributed by atoms with Gasteiger partial charge in [-0.3, -0.25) is 4.18 Å². The second-order valence-electron chi connectivity index (χ2n) is 3.34. The zero-order valence-electron chi connectivity index (χ0n) is 9.26. The summed E-state index contributed by atoms with van der Waals surface area (Å²) < 4.78 is 62.5. The lowest BCUT2D eigenvalue weighted by molar-refractivity contribution is -0.152. The summed E-state index contributed by atoms with van der Waals surface area (Å²) in [6.07, 6.45) is -4.77. The monoisotopic (exact) mass is 298 g/mol. The van der Waals surface area contributed by atoms with Crippen LogP contribution in [-0.4, -0.2) is 32.2 Å². The molecule has 0 aromatic heterocycles. The number of alkyl halides is 3. The summed E-state index contributed by atoms with van der Waals surface area (Å²) in [6, 6.07) is 4.50. The zero-order chi connectivity index (χ0) is 14.7. The van der Waals surface area contributed by atoms with Gasteiger partial charge in [-0.2, -0.15) is 21.6 Å². The number of amidine groups is 1. The molecular weight excluding hydrogens is 289 g/mol. The van der Waals surface area contributed by atoms with Crippen molar-refractivity contribution in [3.63, 3.8) is 0 Å². The summed E-state index contributed by atoms with van der Waals surface area (Å²) >= 11 is 0. The fourth-order valence-electron chi connectivity index (χ4n) is 1.08. The first-order valence-corrected chi connectivity index (χ1v) is 6.11. The lowest BCUT2D eigenvalue weighted by Gasteiger charge is -2.09. The Morgan fingerprint density at radius 2 is 2.05 bits per heavy atom. The Hall–Kier alpha value is -1.81. The fourth-order valence-corrected chi connectivity index (χ4v) is 2.02. The minimum absolute atomic E-state index is 0.0270. The van der Waals surface area contributed by atoms with Gasteiger partial charge in [-0.05, 0) is 12.1 Å². The molecule has 1 aromatic rings. The van der Waals surface area contributed by atoms with Crippen molar-refractivity contribution in [2.45, 2.75) is 11.1 Å². The number of halogens is 3. The first-order chi connectivity index (χ1) is 8.65. The van der Waals surface area contributed by atoms with Crippen LogP contribution in [0.15, 0.2) is 34.3 Å². The van der Waals surface area contributed by atoms with E-state index >= 15 is 0 Å². The molecule has 0 unspecified atom stereocenters. The first-order valence-electron chi connectivity index (χ1n) is 4.70. The van der Waals surface area contributed by atoms with E-state index in [0.29, 0.717) is 0 Å². The average molecular weight is 298 g/mol. The number of oxime groups is 1. The number of benzene rings is 1. The van der Waals surface area contributed by atoms with Crippen LogP contribution in [0.2, 0.25) is 0 Å². The summed E-state index contributed by atoms with van der Waals surface area (Å²) in [5, 5.41) is 11.1. The molecule has 3 N–H and O–H groups in total. The van der Waals surface area contributed by atoms with Crippen LogP contribution in [0.25, 0.3) is 0 Å². The van der Waals surface area contributed by atoms with Crippen LogP contribution >= 0.6 is 0 Å². The van der Waals surface area contributed by atoms with Gasteiger partial charge in [0.25, 0.3) is 10.1 Å². The second kappa shape index (κ2) is 5.45. The Bertz CT molecular complexity index is 583. The Labute approximate surface area is 106 Å². The quantitative estimate of drug-likeness (QED) is 0.284. The van der Waals surface area contributed by atoms with Gasteiger partial charge >= 0.3 is 6.18 Å². The molecule has 0 aliphatic carbocycles. The number of hydrogen-bond acceptors (Lipinski definition) is 5. The molecule has 0 saturated heterocycles. The predicted octanol–water partition coefficient (Wildman–Crippen LogP) is 1.05. The van der Waals surface area contributed by atoms with Crippen LogP contribution in [-0.2, 0) is 14.3 Å². The van der Waals surface area contributed by atoms with E-state index < -0.39 is 27.8 Å². The van der Waals surface area contributed by atoms with Crippen molar-refractivity contribution in [1.29, 1.82) is 0 Å². The van der Waals surface area contributed by atoms with Gasteiger partial charge < -0.3 is 10.9 Å². The molecule has 0 aliphatic heterocycles. The van der Waals surface area contributed by atoms with Crippen molar-refractivity contribution in [2.75, 3.05) is 6.61 Å². The molecule has 0 radical (unpaired) electrons. The van der Waals surface area contributed by atoms with Crippen LogP contribution in [0.3, 0.4) is 0 Å². The fraction of sp³-hybridized carbons (Fsp3) is 0.222. The SMILES string of the molecule is N/C(=N\O)c1cccc(S(=O)(=O)OCC(F)(F)F)c1. The Balaban J connectivity index is 3.02. The number of nitrogens with two attached hydrogens (primary N) is 1. The van der Waals surface area contributed by atoms with Gasteiger partial charge in [0.1, 0.15) is 0 Å². The highest BCUT2D eigenvalue weighted by Gasteiger charge is 2.31. The molecule has 0 amide bonds. The van der Waals surface area contributed by atoms with Crippen LogP contribution < -0.4 is 5.73 Å². The Morgan fingerprint density at radius 3 is 2.58 bits per heavy atom. The van der Waals surface area contributed by atoms with E-state index in [9.17, 15) is 21.6 Å². The number of rotatable bonds is 4. The van der Waals surface area contributed by atoms with Gasteiger partial charge in [0, 0.05) is 5.56 Å². The molecule has 0 saturated carbocycles. The van der Waals surface area contributed by atoms with Crippen molar-refractivity contribution >= 4 is 16.0 Å². The first kappa shape index (κ1) is 15.2. The molecule has 19 heavy (non-hydrogen) atoms. The Kier molecular flexibility index (Phi) is 4.37. The molecule has 6 nitrogen and oxygen atoms in total. The number of nitrogens with zero attached hydrogens (tertiary/aromatic N) is 1. The molecule has 0 bridgehead atoms. The van der Waals surface area contributed by atoms with E-state index in [2.05, 4.69) is 9.34 Å². The maximum Gasteiger partial charge on any atom is 0.413 e. The van der Waals surface area contributed by atoms with E-state index in [1.54, 1.807) is 0 Å². The standard InChI is InChI=1S/C9H9F3N2O4S/c10-9(11,12)5-18-19(16,17)7-3-1-2-6(4-7)8(13)14-15/h1-4,15H,5H2,(H2,13,14). The summed E-state index contributed by atoms with van der Waals surface area (Å²) in [5.41, 5.74) is 5.26. The highest BCUT2D eigenvalue weighted by atomic mass is 32.2. The molecule has 10 heteroatoms. The second-order valence-corrected chi connectivity index (χ2v) is 4.96. The molecule has 0 heterocycles. The van der Waals surface area contributed by atoms with Crippen LogP contribution in [0.1, 0.15) is 5.56 Å². The lowest BCUT2D eigenvalue weighted by Crippen LogP contribution is -2.21. The average Bonchev–Trinajstić information content (AvgIpc) is 2.35. The third-order valence-electron chi connectivity index (χ3n) is 1.90. The van der Waals surface area contributed by atoms with Gasteiger partial charge in [-0.1, -0.05) is 17.3 Å². The van der Waals surface area contributed by atoms with Gasteiger partial charge in [0.05, 0.1) is 4.90 Å². The highest BCUT2D eigenvalue weighted by Crippen LogP contribution is 2.20. The van der Waals surface area contributed by atoms with E-state index in [1.807, 2.05) is 0 Å². The van der Waals surface area contributed by atoms with E-state index in [0.717, 1.165) is 12.1 Å². The van der Waals surface area contributed by atoms with Crippen molar-refractivity contribution in [3.8, 4) is 0 Å². The van der Waals surface area contributed by atoms with Gasteiger partial charge in [-0.25, -0.2) is 0 Å². The lowest BCUT2D eigenvalue weighted by atomic mass is 10.2. The molecule has 1 rings (SSSR count). The van der Waals surface area contributed by atoms with Crippen molar-refractivity contribution in [1.82, 2.24) is 0 Å². The smallest absolute Gasteiger partial charge is 0.409 e. The van der Waals surface area contributed by atoms with Crippen LogP contribution in [0.4, 0.5) is 13.2 Å². The van der Waals surface area contributed by atoms with Crippen LogP contribution in [0, 0.1) is 0 Å².